The Bertz CT molecular complexity index is 272. The first kappa shape index (κ1) is 9.82. The summed E-state index contributed by atoms with van der Waals surface area (Å²) in [5.41, 5.74) is 1.01. The van der Waals surface area contributed by atoms with Crippen molar-refractivity contribution in [2.45, 2.75) is 18.4 Å². The smallest absolute Gasteiger partial charge is 0.205 e. The topological polar surface area (TPSA) is 67.3 Å². The molecule has 2 N–H and O–H groups in total. The molecule has 0 aliphatic carbocycles. The minimum absolute atomic E-state index is 0.519. The van der Waals surface area contributed by atoms with Crippen LogP contribution < -0.4 is 5.32 Å². The second-order valence-corrected chi connectivity index (χ2v) is 4.27. The van der Waals surface area contributed by atoms with Crippen molar-refractivity contribution in [3.8, 4) is 0 Å². The Hall–Kier alpha value is -0.720. The van der Waals surface area contributed by atoms with Gasteiger partial charge >= 0.3 is 0 Å². The first-order valence-corrected chi connectivity index (χ1v) is 5.47. The van der Waals surface area contributed by atoms with E-state index in [0.29, 0.717) is 32.6 Å². The van der Waals surface area contributed by atoms with E-state index < -0.39 is 5.60 Å². The predicted octanol–water partition coefficient (Wildman–Crippen LogP) is 0.491. The molecule has 0 radical (unpaired) electrons. The Labute approximate surface area is 86.1 Å². The van der Waals surface area contributed by atoms with Crippen LogP contribution in [0.25, 0.3) is 0 Å². The van der Waals surface area contributed by atoms with Crippen LogP contribution in [-0.4, -0.2) is 40.7 Å². The van der Waals surface area contributed by atoms with E-state index in [1.807, 2.05) is 0 Å². The summed E-state index contributed by atoms with van der Waals surface area (Å²) in [5.74, 6) is 0. The van der Waals surface area contributed by atoms with Crippen molar-refractivity contribution in [2.24, 2.45) is 0 Å². The van der Waals surface area contributed by atoms with E-state index in [4.69, 9.17) is 4.74 Å². The Morgan fingerprint density at radius 3 is 3.00 bits per heavy atom. The largest absolute Gasteiger partial charge is 0.388 e. The highest BCUT2D eigenvalue weighted by molar-refractivity contribution is 7.13. The maximum atomic E-state index is 10.1. The molecule has 1 fully saturated rings. The van der Waals surface area contributed by atoms with Gasteiger partial charge in [0.25, 0.3) is 0 Å². The lowest BCUT2D eigenvalue weighted by molar-refractivity contribution is -0.0543. The van der Waals surface area contributed by atoms with Gasteiger partial charge in [-0.1, -0.05) is 11.3 Å². The lowest BCUT2D eigenvalue weighted by atomic mass is 9.95. The lowest BCUT2D eigenvalue weighted by Crippen LogP contribution is -2.42. The Morgan fingerprint density at radius 1 is 1.57 bits per heavy atom. The van der Waals surface area contributed by atoms with Crippen LogP contribution in [0.15, 0.2) is 5.51 Å². The van der Waals surface area contributed by atoms with Crippen LogP contribution in [0.3, 0.4) is 0 Å². The zero-order chi connectivity index (χ0) is 9.86. The molecule has 1 saturated heterocycles. The number of aliphatic hydroxyl groups is 1. The Kier molecular flexibility index (Phi) is 2.95. The second kappa shape index (κ2) is 4.20. The van der Waals surface area contributed by atoms with E-state index in [9.17, 15) is 5.11 Å². The number of hydrogen-bond donors (Lipinski definition) is 2. The minimum atomic E-state index is -0.649. The minimum Gasteiger partial charge on any atom is -0.388 e. The number of anilines is 1. The van der Waals surface area contributed by atoms with Crippen molar-refractivity contribution in [3.05, 3.63) is 5.51 Å². The fourth-order valence-corrected chi connectivity index (χ4v) is 1.86. The van der Waals surface area contributed by atoms with Crippen LogP contribution in [0.1, 0.15) is 12.8 Å². The fourth-order valence-electron chi connectivity index (χ4n) is 1.42. The van der Waals surface area contributed by atoms with E-state index in [1.54, 1.807) is 5.51 Å². The molecule has 0 bridgehead atoms. The van der Waals surface area contributed by atoms with Gasteiger partial charge < -0.3 is 15.2 Å². The average molecular weight is 215 g/mol. The van der Waals surface area contributed by atoms with Crippen LogP contribution in [0.4, 0.5) is 5.13 Å². The molecule has 1 aliphatic heterocycles. The van der Waals surface area contributed by atoms with Gasteiger partial charge in [-0.25, -0.2) is 0 Å². The average Bonchev–Trinajstić information content (AvgIpc) is 2.69. The van der Waals surface area contributed by atoms with E-state index in [2.05, 4.69) is 15.5 Å². The van der Waals surface area contributed by atoms with Crippen molar-refractivity contribution in [3.63, 3.8) is 0 Å². The van der Waals surface area contributed by atoms with Crippen molar-refractivity contribution >= 4 is 16.5 Å². The highest BCUT2D eigenvalue weighted by Crippen LogP contribution is 2.21. The zero-order valence-corrected chi connectivity index (χ0v) is 8.59. The van der Waals surface area contributed by atoms with Crippen LogP contribution in [0.2, 0.25) is 0 Å². The third-order valence-electron chi connectivity index (χ3n) is 2.35. The van der Waals surface area contributed by atoms with Crippen molar-refractivity contribution in [1.29, 1.82) is 0 Å². The molecule has 78 valence electrons. The summed E-state index contributed by atoms with van der Waals surface area (Å²) in [6.45, 7) is 1.79. The van der Waals surface area contributed by atoms with Gasteiger partial charge in [0.1, 0.15) is 5.51 Å². The van der Waals surface area contributed by atoms with Gasteiger partial charge in [0, 0.05) is 32.6 Å². The first-order valence-electron chi connectivity index (χ1n) is 4.59. The van der Waals surface area contributed by atoms with Crippen LogP contribution in [0.5, 0.6) is 0 Å². The molecule has 1 aromatic rings. The predicted molar refractivity (Wildman–Crippen MR) is 53.4 cm³/mol. The maximum Gasteiger partial charge on any atom is 0.205 e. The molecule has 0 amide bonds. The van der Waals surface area contributed by atoms with Gasteiger partial charge in [-0.05, 0) is 0 Å². The fraction of sp³-hybridized carbons (Fsp3) is 0.750. The molecule has 1 aromatic heterocycles. The van der Waals surface area contributed by atoms with Gasteiger partial charge in [-0.3, -0.25) is 0 Å². The molecule has 6 heteroatoms. The highest BCUT2D eigenvalue weighted by atomic mass is 32.1. The summed E-state index contributed by atoms with van der Waals surface area (Å²) in [4.78, 5) is 0. The number of nitrogens with one attached hydrogen (secondary N) is 1. The number of nitrogens with zero attached hydrogens (tertiary/aromatic N) is 2. The van der Waals surface area contributed by atoms with Gasteiger partial charge in [-0.2, -0.15) is 0 Å². The van der Waals surface area contributed by atoms with Crippen molar-refractivity contribution < 1.29 is 9.84 Å². The molecule has 2 rings (SSSR count). The maximum absolute atomic E-state index is 10.1. The van der Waals surface area contributed by atoms with Gasteiger partial charge in [0.2, 0.25) is 5.13 Å². The van der Waals surface area contributed by atoms with E-state index in [1.165, 1.54) is 11.3 Å². The summed E-state index contributed by atoms with van der Waals surface area (Å²) < 4.78 is 5.19. The molecule has 0 aromatic carbocycles. The molecular weight excluding hydrogens is 202 g/mol. The summed E-state index contributed by atoms with van der Waals surface area (Å²) in [6, 6.07) is 0. The van der Waals surface area contributed by atoms with E-state index in [0.717, 1.165) is 5.13 Å². The molecule has 1 aliphatic rings. The Morgan fingerprint density at radius 2 is 2.36 bits per heavy atom. The molecule has 0 saturated carbocycles. The van der Waals surface area contributed by atoms with Gasteiger partial charge in [0.15, 0.2) is 0 Å². The number of aromatic nitrogens is 2. The standard InChI is InChI=1S/C8H13N3O2S/c12-8(1-3-13-4-2-8)5-9-7-11-10-6-14-7/h6,12H,1-5H2,(H,9,11). The van der Waals surface area contributed by atoms with Crippen molar-refractivity contribution in [2.75, 3.05) is 25.1 Å². The number of ether oxygens (including phenoxy) is 1. The SMILES string of the molecule is OC1(CNc2nncs2)CCOCC1. The molecule has 0 unspecified atom stereocenters. The third kappa shape index (κ3) is 2.40. The molecular formula is C8H13N3O2S. The van der Waals surface area contributed by atoms with Crippen LogP contribution in [-0.2, 0) is 4.74 Å². The summed E-state index contributed by atoms with van der Waals surface area (Å²) in [7, 11) is 0. The number of rotatable bonds is 3. The quantitative estimate of drug-likeness (QED) is 0.768. The third-order valence-corrected chi connectivity index (χ3v) is 3.00. The summed E-state index contributed by atoms with van der Waals surface area (Å²) >= 11 is 1.43. The van der Waals surface area contributed by atoms with E-state index in [-0.39, 0.29) is 0 Å². The van der Waals surface area contributed by atoms with Crippen LogP contribution in [0, 0.1) is 0 Å². The zero-order valence-electron chi connectivity index (χ0n) is 7.77. The second-order valence-electron chi connectivity index (χ2n) is 3.43. The van der Waals surface area contributed by atoms with Gasteiger partial charge in [-0.15, -0.1) is 10.2 Å². The Balaban J connectivity index is 1.84. The number of hydrogen-bond acceptors (Lipinski definition) is 6. The molecule has 5 nitrogen and oxygen atoms in total. The van der Waals surface area contributed by atoms with E-state index >= 15 is 0 Å². The molecule has 2 heterocycles. The highest BCUT2D eigenvalue weighted by Gasteiger charge is 2.29. The van der Waals surface area contributed by atoms with Crippen molar-refractivity contribution in [1.82, 2.24) is 10.2 Å². The summed E-state index contributed by atoms with van der Waals surface area (Å²) in [6.07, 6.45) is 1.36. The molecule has 0 atom stereocenters. The van der Waals surface area contributed by atoms with Gasteiger partial charge in [0.05, 0.1) is 5.60 Å². The summed E-state index contributed by atoms with van der Waals surface area (Å²) in [5, 5.41) is 21.5. The molecule has 14 heavy (non-hydrogen) atoms. The first-order chi connectivity index (χ1) is 6.79. The normalized spacial score (nSPS) is 20.6. The monoisotopic (exact) mass is 215 g/mol. The lowest BCUT2D eigenvalue weighted by Gasteiger charge is -2.31. The molecule has 0 spiro atoms. The van der Waals surface area contributed by atoms with Crippen LogP contribution >= 0.6 is 11.3 Å².